The molecule has 2 aliphatic heterocycles. The maximum atomic E-state index is 12.1. The molecule has 0 aliphatic carbocycles. The Morgan fingerprint density at radius 2 is 2.16 bits per heavy atom. The van der Waals surface area contributed by atoms with Gasteiger partial charge in [0, 0.05) is 26.2 Å². The average Bonchev–Trinajstić information content (AvgIpc) is 2.33. The molecule has 0 unspecified atom stereocenters. The average molecular weight is 266 g/mol. The van der Waals surface area contributed by atoms with Gasteiger partial charge in [0.25, 0.3) is 0 Å². The van der Waals surface area contributed by atoms with E-state index in [1.165, 1.54) is 5.57 Å². The molecule has 0 aromatic carbocycles. The molecule has 0 radical (unpaired) electrons. The topological polar surface area (TPSA) is 41.6 Å². The Morgan fingerprint density at radius 3 is 2.58 bits per heavy atom. The summed E-state index contributed by atoms with van der Waals surface area (Å²) in [6.45, 7) is 12.2. The number of rotatable bonds is 3. The summed E-state index contributed by atoms with van der Waals surface area (Å²) in [5, 5.41) is 3.17. The van der Waals surface area contributed by atoms with Crippen molar-refractivity contribution in [3.05, 3.63) is 11.6 Å². The van der Waals surface area contributed by atoms with Crippen molar-refractivity contribution in [1.82, 2.24) is 10.2 Å². The highest BCUT2D eigenvalue weighted by Gasteiger charge is 2.33. The number of nitrogens with zero attached hydrogens (tertiary/aromatic N) is 1. The van der Waals surface area contributed by atoms with E-state index in [2.05, 4.69) is 32.2 Å². The van der Waals surface area contributed by atoms with Crippen LogP contribution in [0.15, 0.2) is 11.6 Å². The third-order valence-electron chi connectivity index (χ3n) is 4.07. The van der Waals surface area contributed by atoms with Crippen LogP contribution >= 0.6 is 0 Å². The number of carbonyl (C=O) groups is 1. The first kappa shape index (κ1) is 14.5. The number of nitrogens with one attached hydrogen (secondary N) is 1. The van der Waals surface area contributed by atoms with Gasteiger partial charge in [0.15, 0.2) is 0 Å². The molecule has 1 saturated heterocycles. The second kappa shape index (κ2) is 5.25. The van der Waals surface area contributed by atoms with Crippen molar-refractivity contribution in [2.24, 2.45) is 5.41 Å². The van der Waals surface area contributed by atoms with Gasteiger partial charge in [-0.05, 0) is 18.8 Å². The molecular weight excluding hydrogens is 240 g/mol. The van der Waals surface area contributed by atoms with E-state index in [9.17, 15) is 4.79 Å². The Hall–Kier alpha value is -0.870. The minimum atomic E-state index is -0.141. The van der Waals surface area contributed by atoms with Crippen LogP contribution in [0, 0.1) is 5.41 Å². The van der Waals surface area contributed by atoms with Gasteiger partial charge in [-0.3, -0.25) is 4.79 Å². The lowest BCUT2D eigenvalue weighted by molar-refractivity contribution is -0.145. The van der Waals surface area contributed by atoms with Gasteiger partial charge in [0.05, 0.1) is 5.60 Å². The number of hydrogen-bond donors (Lipinski definition) is 1. The van der Waals surface area contributed by atoms with E-state index >= 15 is 0 Å². The summed E-state index contributed by atoms with van der Waals surface area (Å²) in [7, 11) is 0. The quantitative estimate of drug-likeness (QED) is 0.788. The lowest BCUT2D eigenvalue weighted by Gasteiger charge is -2.39. The molecule has 2 rings (SSSR count). The molecule has 2 heterocycles. The normalized spacial score (nSPS) is 22.7. The minimum absolute atomic E-state index is 0.109. The molecule has 0 spiro atoms. The Balaban J connectivity index is 1.80. The SMILES string of the molecule is CC1(OCC(=O)N2CC=C(C(C)(C)C)CC2)CNC1. The van der Waals surface area contributed by atoms with Gasteiger partial charge in [-0.2, -0.15) is 0 Å². The standard InChI is InChI=1S/C15H26N2O2/c1-14(2,3)12-5-7-17(8-6-12)13(18)9-19-15(4)10-16-11-15/h5,16H,6-11H2,1-4H3. The molecule has 0 atom stereocenters. The van der Waals surface area contributed by atoms with E-state index in [-0.39, 0.29) is 23.5 Å². The molecule has 1 N–H and O–H groups in total. The monoisotopic (exact) mass is 266 g/mol. The molecule has 108 valence electrons. The second-order valence-corrected chi connectivity index (χ2v) is 6.91. The highest BCUT2D eigenvalue weighted by molar-refractivity contribution is 5.77. The lowest BCUT2D eigenvalue weighted by atomic mass is 9.83. The van der Waals surface area contributed by atoms with Gasteiger partial charge < -0.3 is 15.0 Å². The van der Waals surface area contributed by atoms with Crippen LogP contribution in [0.4, 0.5) is 0 Å². The van der Waals surface area contributed by atoms with Crippen molar-refractivity contribution in [1.29, 1.82) is 0 Å². The zero-order chi connectivity index (χ0) is 14.1. The van der Waals surface area contributed by atoms with Crippen LogP contribution in [0.1, 0.15) is 34.1 Å². The first-order chi connectivity index (χ1) is 8.80. The van der Waals surface area contributed by atoms with Crippen LogP contribution < -0.4 is 5.32 Å². The summed E-state index contributed by atoms with van der Waals surface area (Å²) in [5.74, 6) is 0.109. The summed E-state index contributed by atoms with van der Waals surface area (Å²) >= 11 is 0. The fourth-order valence-corrected chi connectivity index (χ4v) is 2.48. The molecule has 19 heavy (non-hydrogen) atoms. The van der Waals surface area contributed by atoms with Crippen molar-refractivity contribution < 1.29 is 9.53 Å². The Bertz CT molecular complexity index is 378. The van der Waals surface area contributed by atoms with Gasteiger partial charge in [0.1, 0.15) is 6.61 Å². The molecule has 0 aromatic heterocycles. The van der Waals surface area contributed by atoms with Crippen molar-refractivity contribution >= 4 is 5.91 Å². The smallest absolute Gasteiger partial charge is 0.248 e. The third kappa shape index (κ3) is 3.57. The fraction of sp³-hybridized carbons (Fsp3) is 0.800. The van der Waals surface area contributed by atoms with Gasteiger partial charge in [-0.15, -0.1) is 0 Å². The summed E-state index contributed by atoms with van der Waals surface area (Å²) in [5.41, 5.74) is 1.53. The van der Waals surface area contributed by atoms with Gasteiger partial charge in [-0.1, -0.05) is 32.4 Å². The van der Waals surface area contributed by atoms with E-state index in [1.54, 1.807) is 0 Å². The summed E-state index contributed by atoms with van der Waals surface area (Å²) in [6, 6.07) is 0. The summed E-state index contributed by atoms with van der Waals surface area (Å²) < 4.78 is 5.70. The highest BCUT2D eigenvalue weighted by atomic mass is 16.5. The minimum Gasteiger partial charge on any atom is -0.363 e. The molecule has 2 aliphatic rings. The molecule has 0 aromatic rings. The van der Waals surface area contributed by atoms with E-state index in [0.29, 0.717) is 0 Å². The van der Waals surface area contributed by atoms with E-state index in [1.807, 2.05) is 11.8 Å². The fourth-order valence-electron chi connectivity index (χ4n) is 2.48. The van der Waals surface area contributed by atoms with Gasteiger partial charge in [0.2, 0.25) is 5.91 Å². The van der Waals surface area contributed by atoms with Gasteiger partial charge >= 0.3 is 0 Å². The molecule has 4 nitrogen and oxygen atoms in total. The number of carbonyl (C=O) groups excluding carboxylic acids is 1. The first-order valence-corrected chi connectivity index (χ1v) is 7.12. The van der Waals surface area contributed by atoms with Crippen molar-refractivity contribution in [3.8, 4) is 0 Å². The van der Waals surface area contributed by atoms with E-state index in [0.717, 1.165) is 32.6 Å². The second-order valence-electron chi connectivity index (χ2n) is 6.91. The Labute approximate surface area is 116 Å². The summed E-state index contributed by atoms with van der Waals surface area (Å²) in [4.78, 5) is 14.0. The van der Waals surface area contributed by atoms with Gasteiger partial charge in [-0.25, -0.2) is 0 Å². The molecule has 4 heteroatoms. The molecule has 0 bridgehead atoms. The van der Waals surface area contributed by atoms with E-state index in [4.69, 9.17) is 4.74 Å². The summed E-state index contributed by atoms with van der Waals surface area (Å²) in [6.07, 6.45) is 3.18. The third-order valence-corrected chi connectivity index (χ3v) is 4.07. The zero-order valence-electron chi connectivity index (χ0n) is 12.6. The predicted molar refractivity (Wildman–Crippen MR) is 76.0 cm³/mol. The zero-order valence-corrected chi connectivity index (χ0v) is 12.6. The van der Waals surface area contributed by atoms with Crippen LogP contribution in [0.5, 0.6) is 0 Å². The maximum absolute atomic E-state index is 12.1. The highest BCUT2D eigenvalue weighted by Crippen LogP contribution is 2.30. The van der Waals surface area contributed by atoms with Crippen LogP contribution in [0.3, 0.4) is 0 Å². The van der Waals surface area contributed by atoms with Crippen LogP contribution in [0.25, 0.3) is 0 Å². The van der Waals surface area contributed by atoms with Crippen molar-refractivity contribution in [2.75, 3.05) is 32.8 Å². The Morgan fingerprint density at radius 1 is 1.47 bits per heavy atom. The maximum Gasteiger partial charge on any atom is 0.248 e. The predicted octanol–water partition coefficient (Wildman–Crippen LogP) is 1.57. The van der Waals surface area contributed by atoms with Crippen LogP contribution in [0.2, 0.25) is 0 Å². The number of ether oxygens (including phenoxy) is 1. The molecule has 1 amide bonds. The molecule has 1 fully saturated rings. The lowest BCUT2D eigenvalue weighted by Crippen LogP contribution is -2.59. The van der Waals surface area contributed by atoms with Crippen LogP contribution in [-0.4, -0.2) is 49.2 Å². The number of hydrogen-bond acceptors (Lipinski definition) is 3. The van der Waals surface area contributed by atoms with Crippen molar-refractivity contribution in [2.45, 2.75) is 39.7 Å². The molecular formula is C15H26N2O2. The first-order valence-electron chi connectivity index (χ1n) is 7.12. The van der Waals surface area contributed by atoms with Crippen LogP contribution in [-0.2, 0) is 9.53 Å². The Kier molecular flexibility index (Phi) is 4.02. The van der Waals surface area contributed by atoms with Crippen molar-refractivity contribution in [3.63, 3.8) is 0 Å². The largest absolute Gasteiger partial charge is 0.363 e. The molecule has 0 saturated carbocycles. The number of amides is 1. The van der Waals surface area contributed by atoms with E-state index < -0.39 is 0 Å².